The first-order valence-corrected chi connectivity index (χ1v) is 27.6. The zero-order chi connectivity index (χ0) is 55.8. The van der Waals surface area contributed by atoms with Gasteiger partial charge in [0.05, 0.1) is 0 Å². The Kier molecular flexibility index (Phi) is 31.5. The van der Waals surface area contributed by atoms with E-state index in [2.05, 4.69) is 281 Å². The van der Waals surface area contributed by atoms with Crippen molar-refractivity contribution < 1.29 is 0 Å². The van der Waals surface area contributed by atoms with E-state index in [1.165, 1.54) is 134 Å². The highest BCUT2D eigenvalue weighted by atomic mass is 14.2. The highest BCUT2D eigenvalue weighted by Gasteiger charge is 2.11. The van der Waals surface area contributed by atoms with Gasteiger partial charge >= 0.3 is 0 Å². The fourth-order valence-corrected chi connectivity index (χ4v) is 10.2. The van der Waals surface area contributed by atoms with Crippen molar-refractivity contribution in [3.05, 3.63) is 206 Å². The Morgan fingerprint density at radius 2 is 0.595 bits per heavy atom. The molecule has 0 unspecified atom stereocenters. The molecule has 0 saturated carbocycles. The Hall–Kier alpha value is -4.68. The largest absolute Gasteiger partial charge is 0.0776 e. The Balaban J connectivity index is 0. The molecule has 0 N–H and O–H groups in total. The normalized spacial score (nSPS) is 10.5. The van der Waals surface area contributed by atoms with Crippen LogP contribution in [0.2, 0.25) is 0 Å². The predicted molar refractivity (Wildman–Crippen MR) is 342 cm³/mol. The monoisotopic (exact) mass is 1000 g/mol. The molecule has 0 radical (unpaired) electrons. The van der Waals surface area contributed by atoms with Gasteiger partial charge in [-0.05, 0) is 283 Å². The van der Waals surface area contributed by atoms with Gasteiger partial charge in [0, 0.05) is 0 Å². The summed E-state index contributed by atoms with van der Waals surface area (Å²) in [6, 6.07) is 27.2. The van der Waals surface area contributed by atoms with Crippen molar-refractivity contribution in [2.45, 2.75) is 258 Å². The van der Waals surface area contributed by atoms with Crippen LogP contribution < -0.4 is 0 Å². The summed E-state index contributed by atoms with van der Waals surface area (Å²) in [6.07, 6.45) is 0. The summed E-state index contributed by atoms with van der Waals surface area (Å²) >= 11 is 0. The lowest BCUT2D eigenvalue weighted by Gasteiger charge is -2.15. The van der Waals surface area contributed by atoms with E-state index < -0.39 is 0 Å². The Bertz CT molecular complexity index is 2600. The highest BCUT2D eigenvalue weighted by Crippen LogP contribution is 2.28. The lowest BCUT2D eigenvalue weighted by atomic mass is 9.91. The first-order chi connectivity index (χ1) is 33.2. The molecule has 0 aromatic heterocycles. The second-order valence-corrected chi connectivity index (χ2v) is 23.6. The van der Waals surface area contributed by atoms with Crippen molar-refractivity contribution in [3.8, 4) is 0 Å². The van der Waals surface area contributed by atoms with Crippen molar-refractivity contribution >= 4 is 0 Å². The Labute approximate surface area is 462 Å². The van der Waals surface area contributed by atoms with Crippen LogP contribution in [-0.2, 0) is 0 Å². The molecule has 0 spiro atoms. The maximum absolute atomic E-state index is 2.31. The summed E-state index contributed by atoms with van der Waals surface area (Å²) in [6.45, 7) is 66.4. The molecule has 0 saturated heterocycles. The lowest BCUT2D eigenvalue weighted by Crippen LogP contribution is -1.97. The third-order valence-corrected chi connectivity index (χ3v) is 15.2. The SMILES string of the molecule is C.C.Cc1cc(C(C)C)cc(C)c1C.Cc1cc(C)c(C(C)C)c(C)c1.Cc1cc(C)c(C(C)C)cc1C.Cc1cc(C)c(C)c(C(C)C)c1.Cc1ccc(C(C)C)c(C)c1C.Cc1ccc(C)c(C(C)C)c1C. The minimum absolute atomic E-state index is 0. The third-order valence-electron chi connectivity index (χ3n) is 15.2. The van der Waals surface area contributed by atoms with Crippen LogP contribution in [0.15, 0.2) is 72.8 Å². The molecular weight excluding hydrogens is 889 g/mol. The molecule has 0 aliphatic rings. The summed E-state index contributed by atoms with van der Waals surface area (Å²) in [5, 5.41) is 0. The standard InChI is InChI=1S/6C12H18.2CH4/c1-8(2)12-6-9(3)11(5)10(4)7-12;1-8(2)12-7-10(4)9(3)6-11(12)5;1-8(2)12-7-9(3)6-10(4)11(12)5;1-8(2)12-10(4)6-9(3)7-11(12)5;1-8(2)12-7-6-9(3)10(4)11(12)5;1-8(2)12-10(4)7-6-9(3)11(12)5;;/h6*6-8H,1-5H3;2*1H4. The van der Waals surface area contributed by atoms with Crippen LogP contribution in [0.25, 0.3) is 0 Å². The molecule has 6 aromatic rings. The second-order valence-electron chi connectivity index (χ2n) is 23.6. The molecule has 0 amide bonds. The summed E-state index contributed by atoms with van der Waals surface area (Å²) in [5.74, 6) is 3.86. The first kappa shape index (κ1) is 71.4. The highest BCUT2D eigenvalue weighted by molar-refractivity contribution is 5.43. The van der Waals surface area contributed by atoms with Gasteiger partial charge in [0.2, 0.25) is 0 Å². The fraction of sp³-hybridized carbons (Fsp3) is 0.514. The van der Waals surface area contributed by atoms with Crippen LogP contribution in [0, 0.1) is 125 Å². The van der Waals surface area contributed by atoms with E-state index in [-0.39, 0.29) is 14.9 Å². The van der Waals surface area contributed by atoms with Gasteiger partial charge in [0.25, 0.3) is 0 Å². The number of rotatable bonds is 6. The average molecular weight is 1010 g/mol. The van der Waals surface area contributed by atoms with Gasteiger partial charge in [-0.3, -0.25) is 0 Å². The molecule has 0 bridgehead atoms. The average Bonchev–Trinajstić information content (AvgIpc) is 3.26. The van der Waals surface area contributed by atoms with Crippen LogP contribution in [-0.4, -0.2) is 0 Å². The smallest absolute Gasteiger partial charge is 0.0213 e. The number of hydrogen-bond donors (Lipinski definition) is 0. The topological polar surface area (TPSA) is 0 Å². The van der Waals surface area contributed by atoms with Gasteiger partial charge in [-0.25, -0.2) is 0 Å². The van der Waals surface area contributed by atoms with Gasteiger partial charge in [-0.15, -0.1) is 0 Å². The Morgan fingerprint density at radius 3 is 1.01 bits per heavy atom. The summed E-state index contributed by atoms with van der Waals surface area (Å²) in [4.78, 5) is 0. The van der Waals surface area contributed by atoms with Crippen LogP contribution in [0.5, 0.6) is 0 Å². The van der Waals surface area contributed by atoms with Crippen molar-refractivity contribution in [2.24, 2.45) is 0 Å². The molecule has 412 valence electrons. The molecule has 0 heterocycles. The van der Waals surface area contributed by atoms with Crippen LogP contribution in [0.3, 0.4) is 0 Å². The number of hydrogen-bond acceptors (Lipinski definition) is 0. The van der Waals surface area contributed by atoms with Crippen LogP contribution in [0.4, 0.5) is 0 Å². The van der Waals surface area contributed by atoms with E-state index in [0.29, 0.717) is 35.5 Å². The van der Waals surface area contributed by atoms with Crippen molar-refractivity contribution in [2.75, 3.05) is 0 Å². The van der Waals surface area contributed by atoms with E-state index in [1.54, 1.807) is 0 Å². The van der Waals surface area contributed by atoms with Gasteiger partial charge in [-0.1, -0.05) is 182 Å². The van der Waals surface area contributed by atoms with E-state index in [1.807, 2.05) is 0 Å². The van der Waals surface area contributed by atoms with Crippen LogP contribution in [0.1, 0.15) is 267 Å². The molecule has 6 aromatic carbocycles. The molecule has 0 nitrogen and oxygen atoms in total. The zero-order valence-electron chi connectivity index (χ0n) is 52.4. The van der Waals surface area contributed by atoms with E-state index in [0.717, 1.165) is 0 Å². The predicted octanol–water partition coefficient (Wildman–Crippen LogP) is 23.7. The van der Waals surface area contributed by atoms with Gasteiger partial charge in [0.15, 0.2) is 0 Å². The summed E-state index contributed by atoms with van der Waals surface area (Å²) in [7, 11) is 0. The first-order valence-electron chi connectivity index (χ1n) is 27.6. The van der Waals surface area contributed by atoms with Gasteiger partial charge in [-0.2, -0.15) is 0 Å². The Morgan fingerprint density at radius 1 is 0.216 bits per heavy atom. The molecule has 0 atom stereocenters. The minimum atomic E-state index is 0. The van der Waals surface area contributed by atoms with Crippen LogP contribution >= 0.6 is 0 Å². The van der Waals surface area contributed by atoms with Crippen molar-refractivity contribution in [1.29, 1.82) is 0 Å². The van der Waals surface area contributed by atoms with E-state index in [4.69, 9.17) is 0 Å². The van der Waals surface area contributed by atoms with Gasteiger partial charge < -0.3 is 0 Å². The second kappa shape index (κ2) is 32.7. The van der Waals surface area contributed by atoms with Gasteiger partial charge in [0.1, 0.15) is 0 Å². The third kappa shape index (κ3) is 21.5. The summed E-state index contributed by atoms with van der Waals surface area (Å²) in [5.41, 5.74) is 34.5. The number of aryl methyl sites for hydroxylation is 13. The molecular formula is C74H116. The van der Waals surface area contributed by atoms with Crippen molar-refractivity contribution in [1.82, 2.24) is 0 Å². The number of benzene rings is 6. The molecule has 74 heavy (non-hydrogen) atoms. The maximum atomic E-state index is 2.31. The maximum Gasteiger partial charge on any atom is -0.0213 e. The molecule has 0 fully saturated rings. The molecule has 0 aliphatic heterocycles. The molecule has 0 aliphatic carbocycles. The van der Waals surface area contributed by atoms with Crippen molar-refractivity contribution in [3.63, 3.8) is 0 Å². The fourth-order valence-electron chi connectivity index (χ4n) is 10.2. The quantitative estimate of drug-likeness (QED) is 0.156. The molecule has 0 heteroatoms. The summed E-state index contributed by atoms with van der Waals surface area (Å²) < 4.78 is 0. The zero-order valence-corrected chi connectivity index (χ0v) is 52.4. The van der Waals surface area contributed by atoms with E-state index in [9.17, 15) is 0 Å². The van der Waals surface area contributed by atoms with E-state index >= 15 is 0 Å². The minimum Gasteiger partial charge on any atom is -0.0776 e. The molecule has 6 rings (SSSR count). The lowest BCUT2D eigenvalue weighted by molar-refractivity contribution is 0.843.